The van der Waals surface area contributed by atoms with Crippen LogP contribution in [-0.4, -0.2) is 16.2 Å². The Morgan fingerprint density at radius 2 is 2.16 bits per heavy atom. The first kappa shape index (κ1) is 12.7. The first-order valence-corrected chi connectivity index (χ1v) is 5.46. The molecular weight excluding hydrogens is 248 g/mol. The van der Waals surface area contributed by atoms with Gasteiger partial charge in [0, 0.05) is 12.1 Å². The van der Waals surface area contributed by atoms with E-state index in [0.717, 1.165) is 0 Å². The Kier molecular flexibility index (Phi) is 3.82. The van der Waals surface area contributed by atoms with E-state index in [4.69, 9.17) is 4.74 Å². The molecule has 0 atom stereocenters. The molecule has 0 aliphatic rings. The molecule has 0 radical (unpaired) electrons. The first-order valence-electron chi connectivity index (χ1n) is 5.46. The summed E-state index contributed by atoms with van der Waals surface area (Å²) in [6, 6.07) is 9.37. The van der Waals surface area contributed by atoms with Gasteiger partial charge in [-0.1, -0.05) is 12.1 Å². The maximum atomic E-state index is 10.6. The number of carbonyl (C=O) groups is 1. The number of benzene rings is 1. The number of nitrogens with zero attached hydrogens (tertiary/aromatic N) is 2. The number of aldehydes is 1. The summed E-state index contributed by atoms with van der Waals surface area (Å²) in [4.78, 5) is 24.5. The van der Waals surface area contributed by atoms with Crippen molar-refractivity contribution in [2.75, 3.05) is 0 Å². The highest BCUT2D eigenvalue weighted by Crippen LogP contribution is 2.16. The SMILES string of the molecule is O=Cc1ccc(OCc2cccc([N+](=O)[O-])c2)cn1. The fourth-order valence-electron chi connectivity index (χ4n) is 1.47. The van der Waals surface area contributed by atoms with Crippen LogP contribution in [0.5, 0.6) is 5.75 Å². The average Bonchev–Trinajstić information content (AvgIpc) is 2.46. The quantitative estimate of drug-likeness (QED) is 0.467. The van der Waals surface area contributed by atoms with Gasteiger partial charge in [0.2, 0.25) is 0 Å². The molecule has 6 heteroatoms. The Bertz CT molecular complexity index is 596. The smallest absolute Gasteiger partial charge is 0.269 e. The first-order chi connectivity index (χ1) is 9.19. The van der Waals surface area contributed by atoms with Crippen molar-refractivity contribution >= 4 is 12.0 Å². The molecule has 0 saturated heterocycles. The number of pyridine rings is 1. The number of hydrogen-bond acceptors (Lipinski definition) is 5. The predicted molar refractivity (Wildman–Crippen MR) is 67.1 cm³/mol. The van der Waals surface area contributed by atoms with Crippen LogP contribution in [0.2, 0.25) is 0 Å². The van der Waals surface area contributed by atoms with Crippen molar-refractivity contribution in [2.45, 2.75) is 6.61 Å². The van der Waals surface area contributed by atoms with Gasteiger partial charge in [-0.05, 0) is 17.7 Å². The highest BCUT2D eigenvalue weighted by molar-refractivity contribution is 5.71. The van der Waals surface area contributed by atoms with Crippen LogP contribution in [0.1, 0.15) is 16.1 Å². The number of nitro benzene ring substituents is 1. The second kappa shape index (κ2) is 5.72. The van der Waals surface area contributed by atoms with Crippen LogP contribution in [-0.2, 0) is 6.61 Å². The van der Waals surface area contributed by atoms with Gasteiger partial charge in [-0.2, -0.15) is 0 Å². The molecule has 1 aromatic heterocycles. The second-order valence-corrected chi connectivity index (χ2v) is 3.75. The molecule has 0 fully saturated rings. The summed E-state index contributed by atoms with van der Waals surface area (Å²) in [6.45, 7) is 0.198. The average molecular weight is 258 g/mol. The standard InChI is InChI=1S/C13H10N2O4/c16-8-11-4-5-13(7-14-11)19-9-10-2-1-3-12(6-10)15(17)18/h1-8H,9H2. The van der Waals surface area contributed by atoms with Gasteiger partial charge in [0.15, 0.2) is 6.29 Å². The van der Waals surface area contributed by atoms with Crippen molar-refractivity contribution in [2.24, 2.45) is 0 Å². The number of rotatable bonds is 5. The third-order valence-electron chi connectivity index (χ3n) is 2.41. The predicted octanol–water partition coefficient (Wildman–Crippen LogP) is 2.38. The van der Waals surface area contributed by atoms with E-state index in [1.807, 2.05) is 0 Å². The number of aromatic nitrogens is 1. The van der Waals surface area contributed by atoms with E-state index in [2.05, 4.69) is 4.98 Å². The molecule has 19 heavy (non-hydrogen) atoms. The molecule has 0 amide bonds. The van der Waals surface area contributed by atoms with Gasteiger partial charge in [-0.3, -0.25) is 14.9 Å². The molecule has 0 aliphatic heterocycles. The number of nitro groups is 1. The van der Waals surface area contributed by atoms with E-state index < -0.39 is 4.92 Å². The number of hydrogen-bond donors (Lipinski definition) is 0. The summed E-state index contributed by atoms with van der Waals surface area (Å²) in [6.07, 6.45) is 2.07. The van der Waals surface area contributed by atoms with Crippen molar-refractivity contribution in [3.05, 3.63) is 64.0 Å². The lowest BCUT2D eigenvalue weighted by atomic mass is 10.2. The van der Waals surface area contributed by atoms with Gasteiger partial charge >= 0.3 is 0 Å². The maximum absolute atomic E-state index is 10.6. The molecule has 0 N–H and O–H groups in total. The van der Waals surface area contributed by atoms with Crippen LogP contribution in [0.15, 0.2) is 42.6 Å². The van der Waals surface area contributed by atoms with Gasteiger partial charge in [0.1, 0.15) is 18.1 Å². The van der Waals surface area contributed by atoms with Crippen molar-refractivity contribution in [3.8, 4) is 5.75 Å². The van der Waals surface area contributed by atoms with Crippen molar-refractivity contribution in [1.82, 2.24) is 4.98 Å². The minimum atomic E-state index is -0.454. The lowest BCUT2D eigenvalue weighted by molar-refractivity contribution is -0.384. The fraction of sp³-hybridized carbons (Fsp3) is 0.0769. The number of non-ortho nitro benzene ring substituents is 1. The monoisotopic (exact) mass is 258 g/mol. The van der Waals surface area contributed by atoms with Crippen LogP contribution < -0.4 is 4.74 Å². The summed E-state index contributed by atoms with van der Waals surface area (Å²) >= 11 is 0. The molecule has 1 aromatic carbocycles. The minimum absolute atomic E-state index is 0.0236. The molecule has 2 aromatic rings. The van der Waals surface area contributed by atoms with Crippen LogP contribution in [0.25, 0.3) is 0 Å². The van der Waals surface area contributed by atoms with Crippen LogP contribution in [0.3, 0.4) is 0 Å². The molecule has 0 aliphatic carbocycles. The molecule has 0 saturated carbocycles. The van der Waals surface area contributed by atoms with Crippen molar-refractivity contribution in [3.63, 3.8) is 0 Å². The highest BCUT2D eigenvalue weighted by Gasteiger charge is 2.06. The van der Waals surface area contributed by atoms with Gasteiger partial charge in [-0.15, -0.1) is 0 Å². The Hall–Kier alpha value is -2.76. The minimum Gasteiger partial charge on any atom is -0.487 e. The molecule has 0 unspecified atom stereocenters. The molecule has 0 spiro atoms. The van der Waals surface area contributed by atoms with Crippen molar-refractivity contribution < 1.29 is 14.5 Å². The molecule has 96 valence electrons. The zero-order valence-electron chi connectivity index (χ0n) is 9.85. The molecular formula is C13H10N2O4. The third kappa shape index (κ3) is 3.35. The van der Waals surface area contributed by atoms with Crippen LogP contribution in [0, 0.1) is 10.1 Å². The van der Waals surface area contributed by atoms with E-state index in [1.165, 1.54) is 24.4 Å². The molecule has 0 bridgehead atoms. The summed E-state index contributed by atoms with van der Waals surface area (Å²) in [5.41, 5.74) is 1.03. The fourth-order valence-corrected chi connectivity index (χ4v) is 1.47. The largest absolute Gasteiger partial charge is 0.487 e. The zero-order valence-corrected chi connectivity index (χ0v) is 9.85. The van der Waals surface area contributed by atoms with E-state index in [1.54, 1.807) is 18.2 Å². The zero-order chi connectivity index (χ0) is 13.7. The van der Waals surface area contributed by atoms with Gasteiger partial charge in [0.25, 0.3) is 5.69 Å². The Balaban J connectivity index is 2.03. The Morgan fingerprint density at radius 3 is 2.79 bits per heavy atom. The lowest BCUT2D eigenvalue weighted by Crippen LogP contribution is -1.97. The highest BCUT2D eigenvalue weighted by atomic mass is 16.6. The second-order valence-electron chi connectivity index (χ2n) is 3.75. The molecule has 6 nitrogen and oxygen atoms in total. The van der Waals surface area contributed by atoms with E-state index in [9.17, 15) is 14.9 Å². The van der Waals surface area contributed by atoms with Gasteiger partial charge in [-0.25, -0.2) is 4.98 Å². The number of carbonyl (C=O) groups excluding carboxylic acids is 1. The normalized spacial score (nSPS) is 9.89. The topological polar surface area (TPSA) is 82.3 Å². The van der Waals surface area contributed by atoms with Gasteiger partial charge < -0.3 is 4.74 Å². The molecule has 2 rings (SSSR count). The molecule has 1 heterocycles. The van der Waals surface area contributed by atoms with E-state index in [-0.39, 0.29) is 12.3 Å². The van der Waals surface area contributed by atoms with E-state index in [0.29, 0.717) is 23.3 Å². The Labute approximate surface area is 108 Å². The third-order valence-corrected chi connectivity index (χ3v) is 2.41. The van der Waals surface area contributed by atoms with Crippen molar-refractivity contribution in [1.29, 1.82) is 0 Å². The summed E-state index contributed by atoms with van der Waals surface area (Å²) < 4.78 is 5.43. The van der Waals surface area contributed by atoms with Crippen LogP contribution >= 0.6 is 0 Å². The van der Waals surface area contributed by atoms with Gasteiger partial charge in [0.05, 0.1) is 11.1 Å². The summed E-state index contributed by atoms with van der Waals surface area (Å²) in [5, 5.41) is 10.6. The summed E-state index contributed by atoms with van der Waals surface area (Å²) in [5.74, 6) is 0.497. The van der Waals surface area contributed by atoms with Crippen LogP contribution in [0.4, 0.5) is 5.69 Å². The lowest BCUT2D eigenvalue weighted by Gasteiger charge is -2.05. The maximum Gasteiger partial charge on any atom is 0.269 e. The Morgan fingerprint density at radius 1 is 1.32 bits per heavy atom. The number of ether oxygens (including phenoxy) is 1. The van der Waals surface area contributed by atoms with E-state index >= 15 is 0 Å². The summed E-state index contributed by atoms with van der Waals surface area (Å²) in [7, 11) is 0.